The molecular formula is C33H44N6O5. The van der Waals surface area contributed by atoms with E-state index < -0.39 is 6.10 Å². The highest BCUT2D eigenvalue weighted by Crippen LogP contribution is 2.30. The molecular weight excluding hydrogens is 560 g/mol. The van der Waals surface area contributed by atoms with Crippen LogP contribution in [0.3, 0.4) is 0 Å². The number of carbonyl (C=O) groups excluding carboxylic acids is 2. The minimum Gasteiger partial charge on any atom is -0.485 e. The van der Waals surface area contributed by atoms with Crippen molar-refractivity contribution in [3.63, 3.8) is 0 Å². The van der Waals surface area contributed by atoms with Crippen LogP contribution in [0.2, 0.25) is 0 Å². The maximum atomic E-state index is 12.9. The summed E-state index contributed by atoms with van der Waals surface area (Å²) in [5.74, 6) is 2.22. The van der Waals surface area contributed by atoms with Gasteiger partial charge in [0.15, 0.2) is 12.2 Å². The summed E-state index contributed by atoms with van der Waals surface area (Å²) in [7, 11) is 0. The second kappa shape index (κ2) is 14.8. The predicted octanol–water partition coefficient (Wildman–Crippen LogP) is 3.33. The maximum Gasteiger partial charge on any atom is 0.270 e. The van der Waals surface area contributed by atoms with E-state index in [0.29, 0.717) is 42.9 Å². The number of rotatable bonds is 12. The molecule has 5 rings (SSSR count). The summed E-state index contributed by atoms with van der Waals surface area (Å²) < 4.78 is 11.2. The van der Waals surface area contributed by atoms with E-state index in [0.717, 1.165) is 68.9 Å². The molecule has 2 aliphatic rings. The number of hydrogen-bond donors (Lipinski definition) is 2. The van der Waals surface area contributed by atoms with Crippen LogP contribution < -0.4 is 10.1 Å². The lowest BCUT2D eigenvalue weighted by molar-refractivity contribution is -0.133. The number of aliphatic hydroxyl groups is 1. The van der Waals surface area contributed by atoms with Crippen molar-refractivity contribution in [2.24, 2.45) is 11.8 Å². The van der Waals surface area contributed by atoms with E-state index in [4.69, 9.17) is 9.15 Å². The van der Waals surface area contributed by atoms with Crippen LogP contribution in [0.25, 0.3) is 0 Å². The van der Waals surface area contributed by atoms with Crippen LogP contribution in [0.15, 0.2) is 41.5 Å². The van der Waals surface area contributed by atoms with Gasteiger partial charge in [-0.15, -0.1) is 0 Å². The van der Waals surface area contributed by atoms with Crippen LogP contribution in [0.1, 0.15) is 71.7 Å². The fraction of sp³-hybridized carbons (Fsp3) is 0.545. The Morgan fingerprint density at radius 3 is 2.75 bits per heavy atom. The summed E-state index contributed by atoms with van der Waals surface area (Å²) in [6.07, 6.45) is 7.83. The molecule has 1 saturated heterocycles. The highest BCUT2D eigenvalue weighted by Gasteiger charge is 2.25. The molecule has 0 unspecified atom stereocenters. The number of amides is 2. The van der Waals surface area contributed by atoms with Gasteiger partial charge >= 0.3 is 0 Å². The average Bonchev–Trinajstić information content (AvgIpc) is 3.53. The van der Waals surface area contributed by atoms with E-state index in [-0.39, 0.29) is 18.4 Å². The molecule has 2 amide bonds. The zero-order chi connectivity index (χ0) is 31.1. The monoisotopic (exact) mass is 604 g/mol. The lowest BCUT2D eigenvalue weighted by Crippen LogP contribution is -2.42. The Bertz CT molecular complexity index is 1400. The van der Waals surface area contributed by atoms with Crippen molar-refractivity contribution >= 4 is 11.8 Å². The number of nitrogens with zero attached hydrogens (tertiary/aromatic N) is 5. The van der Waals surface area contributed by atoms with E-state index in [9.17, 15) is 14.7 Å². The molecule has 0 aliphatic carbocycles. The Labute approximate surface area is 259 Å². The Kier molecular flexibility index (Phi) is 10.6. The van der Waals surface area contributed by atoms with E-state index in [2.05, 4.69) is 52.0 Å². The molecule has 0 bridgehead atoms. The number of aromatic nitrogens is 3. The van der Waals surface area contributed by atoms with Crippen molar-refractivity contribution in [2.75, 3.05) is 32.7 Å². The summed E-state index contributed by atoms with van der Waals surface area (Å²) in [4.78, 5) is 41.9. The molecule has 11 heteroatoms. The van der Waals surface area contributed by atoms with Crippen molar-refractivity contribution in [2.45, 2.75) is 72.1 Å². The Morgan fingerprint density at radius 1 is 1.18 bits per heavy atom. The normalized spacial score (nSPS) is 16.5. The van der Waals surface area contributed by atoms with Gasteiger partial charge in [-0.3, -0.25) is 14.5 Å². The standard InChI is InChI=1S/C33H44N6O5/c1-22(2)12-32(41)39-10-6-24(7-11-39)13-26-14-30(37-20-36-26)33(42)35-15-27(40)18-38-9-8-29-23(3)31(5-4-25(29)17-38)43-19-28-16-34-21-44-28/h4-5,14,16,20-22,24,27,40H,6-13,15,17-19H2,1-3H3,(H,35,42)/t27-/m0/s1. The molecule has 3 aromatic rings. The van der Waals surface area contributed by atoms with Crippen LogP contribution in [-0.4, -0.2) is 80.5 Å². The van der Waals surface area contributed by atoms with Crippen molar-refractivity contribution in [3.8, 4) is 5.75 Å². The van der Waals surface area contributed by atoms with E-state index in [1.165, 1.54) is 23.8 Å². The highest BCUT2D eigenvalue weighted by molar-refractivity contribution is 5.92. The minimum absolute atomic E-state index is 0.137. The molecule has 1 atom stereocenters. The number of fused-ring (bicyclic) bond motifs is 1. The molecule has 2 N–H and O–H groups in total. The number of aliphatic hydroxyl groups excluding tert-OH is 1. The van der Waals surface area contributed by atoms with Crippen LogP contribution in [0.4, 0.5) is 0 Å². The number of β-amino-alcohol motifs (C(OH)–C–C–N with tert-alkyl or cyclic N) is 1. The lowest BCUT2D eigenvalue weighted by atomic mass is 9.91. The summed E-state index contributed by atoms with van der Waals surface area (Å²) in [6.45, 7) is 10.2. The molecule has 11 nitrogen and oxygen atoms in total. The van der Waals surface area contributed by atoms with Crippen LogP contribution >= 0.6 is 0 Å². The predicted molar refractivity (Wildman–Crippen MR) is 164 cm³/mol. The molecule has 0 saturated carbocycles. The first-order valence-corrected chi connectivity index (χ1v) is 15.6. The molecule has 0 radical (unpaired) electrons. The Balaban J connectivity index is 1.05. The van der Waals surface area contributed by atoms with Crippen LogP contribution in [0.5, 0.6) is 5.75 Å². The van der Waals surface area contributed by atoms with Gasteiger partial charge in [-0.1, -0.05) is 19.9 Å². The first-order chi connectivity index (χ1) is 21.2. The van der Waals surface area contributed by atoms with Crippen LogP contribution in [0, 0.1) is 18.8 Å². The maximum absolute atomic E-state index is 12.9. The van der Waals surface area contributed by atoms with Gasteiger partial charge in [-0.25, -0.2) is 15.0 Å². The van der Waals surface area contributed by atoms with E-state index in [1.807, 2.05) is 11.0 Å². The zero-order valence-electron chi connectivity index (χ0n) is 26.0. The van der Waals surface area contributed by atoms with Gasteiger partial charge in [0.1, 0.15) is 24.4 Å². The van der Waals surface area contributed by atoms with E-state index >= 15 is 0 Å². The summed E-state index contributed by atoms with van der Waals surface area (Å²) in [6, 6.07) is 5.81. The number of nitrogens with one attached hydrogen (secondary N) is 1. The van der Waals surface area contributed by atoms with Gasteiger partial charge in [0.2, 0.25) is 5.91 Å². The quantitative estimate of drug-likeness (QED) is 0.319. The van der Waals surface area contributed by atoms with E-state index in [1.54, 1.807) is 12.3 Å². The molecule has 1 fully saturated rings. The second-order valence-corrected chi connectivity index (χ2v) is 12.5. The van der Waals surface area contributed by atoms with Crippen molar-refractivity contribution in [1.29, 1.82) is 0 Å². The largest absolute Gasteiger partial charge is 0.485 e. The Morgan fingerprint density at radius 2 is 2.00 bits per heavy atom. The summed E-state index contributed by atoms with van der Waals surface area (Å²) >= 11 is 0. The smallest absolute Gasteiger partial charge is 0.270 e. The molecule has 0 spiro atoms. The highest BCUT2D eigenvalue weighted by atomic mass is 16.5. The second-order valence-electron chi connectivity index (χ2n) is 12.5. The number of piperidine rings is 1. The molecule has 1 aromatic carbocycles. The minimum atomic E-state index is -0.712. The number of carbonyl (C=O) groups is 2. The van der Waals surface area contributed by atoms with Crippen LogP contribution in [-0.2, 0) is 30.8 Å². The molecule has 2 aliphatic heterocycles. The van der Waals surface area contributed by atoms with Gasteiger partial charge in [0.05, 0.1) is 12.3 Å². The number of hydrogen-bond acceptors (Lipinski definition) is 9. The fourth-order valence-electron chi connectivity index (χ4n) is 6.11. The molecule has 236 valence electrons. The van der Waals surface area contributed by atoms with Gasteiger partial charge in [-0.2, -0.15) is 0 Å². The first-order valence-electron chi connectivity index (χ1n) is 15.6. The van der Waals surface area contributed by atoms with Crippen molar-refractivity contribution in [1.82, 2.24) is 30.1 Å². The summed E-state index contributed by atoms with van der Waals surface area (Å²) in [5, 5.41) is 13.6. The van der Waals surface area contributed by atoms with Crippen molar-refractivity contribution in [3.05, 3.63) is 71.0 Å². The number of ether oxygens (including phenoxy) is 1. The van der Waals surface area contributed by atoms with Gasteiger partial charge in [0.25, 0.3) is 5.91 Å². The topological polar surface area (TPSA) is 134 Å². The third-order valence-electron chi connectivity index (χ3n) is 8.54. The third-order valence-corrected chi connectivity index (χ3v) is 8.54. The SMILES string of the molecule is Cc1c(OCc2cnco2)ccc2c1CCN(C[C@@H](O)CNC(=O)c1cc(CC3CCN(C(=O)CC(C)C)CC3)ncn1)C2. The first kappa shape index (κ1) is 31.6. The van der Waals surface area contributed by atoms with Crippen molar-refractivity contribution < 1.29 is 23.8 Å². The average molecular weight is 605 g/mol. The van der Waals surface area contributed by atoms with Gasteiger partial charge in [-0.05, 0) is 73.3 Å². The molecule has 44 heavy (non-hydrogen) atoms. The fourth-order valence-corrected chi connectivity index (χ4v) is 6.11. The summed E-state index contributed by atoms with van der Waals surface area (Å²) in [5.41, 5.74) is 4.75. The molecule has 4 heterocycles. The number of likely N-dealkylation sites (tertiary alicyclic amines) is 1. The lowest BCUT2D eigenvalue weighted by Gasteiger charge is -2.32. The third kappa shape index (κ3) is 8.41. The number of benzene rings is 1. The zero-order valence-corrected chi connectivity index (χ0v) is 26.0. The van der Waals surface area contributed by atoms with Gasteiger partial charge < -0.3 is 24.5 Å². The number of oxazole rings is 1. The van der Waals surface area contributed by atoms with Gasteiger partial charge in [0, 0.05) is 51.4 Å². The molecule has 2 aromatic heterocycles. The Hall–Kier alpha value is -3.83.